The monoisotopic (exact) mass is 260 g/mol. The number of nitrogens with zero attached hydrogens (tertiary/aromatic N) is 1. The number of pyridine rings is 1. The number of fused-ring (bicyclic) bond motifs is 1. The fourth-order valence-corrected chi connectivity index (χ4v) is 3.17. The smallest absolute Gasteiger partial charge is 0.339 e. The van der Waals surface area contributed by atoms with Crippen molar-refractivity contribution in [3.05, 3.63) is 22.9 Å². The highest BCUT2D eigenvalue weighted by atomic mass is 16.4. The van der Waals surface area contributed by atoms with Crippen molar-refractivity contribution >= 4 is 11.8 Å². The summed E-state index contributed by atoms with van der Waals surface area (Å²) >= 11 is 0. The van der Waals surface area contributed by atoms with Crippen molar-refractivity contribution in [1.29, 1.82) is 0 Å². The van der Waals surface area contributed by atoms with Crippen LogP contribution in [0.4, 0.5) is 5.82 Å². The maximum absolute atomic E-state index is 11.4. The van der Waals surface area contributed by atoms with Crippen LogP contribution in [0.3, 0.4) is 0 Å². The van der Waals surface area contributed by atoms with Crippen molar-refractivity contribution in [3.63, 3.8) is 0 Å². The van der Waals surface area contributed by atoms with Gasteiger partial charge in [-0.3, -0.25) is 0 Å². The molecular formula is C15H20N2O2. The number of aromatic carboxylic acids is 1. The van der Waals surface area contributed by atoms with E-state index < -0.39 is 5.97 Å². The van der Waals surface area contributed by atoms with E-state index in [9.17, 15) is 9.90 Å². The molecule has 0 amide bonds. The van der Waals surface area contributed by atoms with Crippen LogP contribution in [0.5, 0.6) is 0 Å². The molecule has 0 unspecified atom stereocenters. The first-order valence-electron chi connectivity index (χ1n) is 7.26. The number of hydrogen-bond acceptors (Lipinski definition) is 3. The van der Waals surface area contributed by atoms with E-state index in [0.717, 1.165) is 49.8 Å². The number of aryl methyl sites for hydroxylation is 2. The van der Waals surface area contributed by atoms with Crippen molar-refractivity contribution in [3.8, 4) is 0 Å². The molecule has 1 aromatic rings. The summed E-state index contributed by atoms with van der Waals surface area (Å²) < 4.78 is 0. The average Bonchev–Trinajstić information content (AvgIpc) is 2.90. The van der Waals surface area contributed by atoms with Crippen LogP contribution in [0, 0.1) is 0 Å². The predicted octanol–water partition coefficient (Wildman–Crippen LogP) is 3.01. The van der Waals surface area contributed by atoms with Gasteiger partial charge in [-0.2, -0.15) is 0 Å². The van der Waals surface area contributed by atoms with E-state index >= 15 is 0 Å². The van der Waals surface area contributed by atoms with Gasteiger partial charge in [0.25, 0.3) is 0 Å². The van der Waals surface area contributed by atoms with Gasteiger partial charge >= 0.3 is 5.97 Å². The molecule has 2 aliphatic rings. The molecular weight excluding hydrogens is 240 g/mol. The molecule has 0 aliphatic heterocycles. The number of hydrogen-bond donors (Lipinski definition) is 2. The molecule has 1 heterocycles. The largest absolute Gasteiger partial charge is 0.478 e. The van der Waals surface area contributed by atoms with Crippen molar-refractivity contribution < 1.29 is 9.90 Å². The van der Waals surface area contributed by atoms with Crippen LogP contribution in [0.2, 0.25) is 0 Å². The molecule has 1 fully saturated rings. The van der Waals surface area contributed by atoms with E-state index in [4.69, 9.17) is 0 Å². The summed E-state index contributed by atoms with van der Waals surface area (Å²) in [5, 5.41) is 12.7. The second-order valence-corrected chi connectivity index (χ2v) is 5.63. The second-order valence-electron chi connectivity index (χ2n) is 5.63. The van der Waals surface area contributed by atoms with Crippen molar-refractivity contribution in [2.24, 2.45) is 0 Å². The first kappa shape index (κ1) is 12.5. The Morgan fingerprint density at radius 2 is 1.95 bits per heavy atom. The third kappa shape index (κ3) is 2.57. The summed E-state index contributed by atoms with van der Waals surface area (Å²) in [6.45, 7) is 0. The van der Waals surface area contributed by atoms with Gasteiger partial charge in [0.05, 0.1) is 0 Å². The summed E-state index contributed by atoms with van der Waals surface area (Å²) in [6.07, 6.45) is 8.95. The summed E-state index contributed by atoms with van der Waals surface area (Å²) in [4.78, 5) is 16.0. The second kappa shape index (κ2) is 5.19. The molecule has 0 radical (unpaired) electrons. The lowest BCUT2D eigenvalue weighted by molar-refractivity contribution is 0.0697. The highest BCUT2D eigenvalue weighted by Gasteiger charge is 2.22. The standard InChI is InChI=1S/C15H20N2O2/c18-15(19)12-9-10-5-1-4-8-13(10)17-14(12)16-11-6-2-3-7-11/h9,11H,1-8H2,(H,16,17)(H,18,19). The van der Waals surface area contributed by atoms with Gasteiger partial charge in [0, 0.05) is 11.7 Å². The van der Waals surface area contributed by atoms with Gasteiger partial charge in [-0.25, -0.2) is 9.78 Å². The molecule has 0 spiro atoms. The zero-order valence-electron chi connectivity index (χ0n) is 11.1. The van der Waals surface area contributed by atoms with Crippen LogP contribution in [-0.2, 0) is 12.8 Å². The fraction of sp³-hybridized carbons (Fsp3) is 0.600. The molecule has 2 N–H and O–H groups in total. The van der Waals surface area contributed by atoms with Gasteiger partial charge in [-0.1, -0.05) is 12.8 Å². The van der Waals surface area contributed by atoms with E-state index in [1.807, 2.05) is 6.07 Å². The first-order valence-corrected chi connectivity index (χ1v) is 7.26. The number of rotatable bonds is 3. The van der Waals surface area contributed by atoms with E-state index in [0.29, 0.717) is 17.4 Å². The Kier molecular flexibility index (Phi) is 3.40. The normalized spacial score (nSPS) is 19.2. The zero-order chi connectivity index (χ0) is 13.2. The number of carbonyl (C=O) groups is 1. The molecule has 0 saturated heterocycles. The number of carboxylic acid groups (broad SMARTS) is 1. The minimum absolute atomic E-state index is 0.340. The minimum Gasteiger partial charge on any atom is -0.478 e. The van der Waals surface area contributed by atoms with Gasteiger partial charge in [0.2, 0.25) is 0 Å². The van der Waals surface area contributed by atoms with Crippen LogP contribution in [0.15, 0.2) is 6.07 Å². The molecule has 1 aromatic heterocycles. The highest BCUT2D eigenvalue weighted by Crippen LogP contribution is 2.27. The molecule has 102 valence electrons. The Balaban J connectivity index is 1.93. The average molecular weight is 260 g/mol. The molecule has 19 heavy (non-hydrogen) atoms. The van der Waals surface area contributed by atoms with Gasteiger partial charge in [-0.05, 0) is 50.2 Å². The topological polar surface area (TPSA) is 62.2 Å². The number of aromatic nitrogens is 1. The van der Waals surface area contributed by atoms with E-state index in [1.54, 1.807) is 0 Å². The van der Waals surface area contributed by atoms with Gasteiger partial charge in [-0.15, -0.1) is 0 Å². The summed E-state index contributed by atoms with van der Waals surface area (Å²) in [5.41, 5.74) is 2.56. The van der Waals surface area contributed by atoms with Crippen LogP contribution in [0.25, 0.3) is 0 Å². The number of nitrogens with one attached hydrogen (secondary N) is 1. The number of anilines is 1. The Hall–Kier alpha value is -1.58. The lowest BCUT2D eigenvalue weighted by Gasteiger charge is -2.20. The van der Waals surface area contributed by atoms with E-state index in [-0.39, 0.29) is 0 Å². The maximum Gasteiger partial charge on any atom is 0.339 e. The quantitative estimate of drug-likeness (QED) is 0.877. The Morgan fingerprint density at radius 1 is 1.21 bits per heavy atom. The lowest BCUT2D eigenvalue weighted by atomic mass is 9.94. The molecule has 4 heteroatoms. The summed E-state index contributed by atoms with van der Waals surface area (Å²) in [7, 11) is 0. The lowest BCUT2D eigenvalue weighted by Crippen LogP contribution is -2.20. The number of carboxylic acids is 1. The van der Waals surface area contributed by atoms with Gasteiger partial charge in [0.1, 0.15) is 11.4 Å². The molecule has 0 bridgehead atoms. The summed E-state index contributed by atoms with van der Waals surface area (Å²) in [5.74, 6) is -0.290. The molecule has 1 saturated carbocycles. The Bertz CT molecular complexity index is 493. The van der Waals surface area contributed by atoms with E-state index in [2.05, 4.69) is 10.3 Å². The summed E-state index contributed by atoms with van der Waals surface area (Å²) in [6, 6.07) is 2.23. The molecule has 3 rings (SSSR count). The van der Waals surface area contributed by atoms with Crippen LogP contribution < -0.4 is 5.32 Å². The molecule has 0 aromatic carbocycles. The zero-order valence-corrected chi connectivity index (χ0v) is 11.1. The Labute approximate surface area is 113 Å². The third-order valence-electron chi connectivity index (χ3n) is 4.23. The third-order valence-corrected chi connectivity index (χ3v) is 4.23. The Morgan fingerprint density at radius 3 is 2.68 bits per heavy atom. The van der Waals surface area contributed by atoms with Gasteiger partial charge in [0.15, 0.2) is 0 Å². The molecule has 0 atom stereocenters. The van der Waals surface area contributed by atoms with Crippen LogP contribution >= 0.6 is 0 Å². The van der Waals surface area contributed by atoms with Crippen molar-refractivity contribution in [1.82, 2.24) is 4.98 Å². The maximum atomic E-state index is 11.4. The SMILES string of the molecule is O=C(O)c1cc2c(nc1NC1CCCC1)CCCC2. The molecule has 2 aliphatic carbocycles. The first-order chi connectivity index (χ1) is 9.24. The van der Waals surface area contributed by atoms with E-state index in [1.165, 1.54) is 12.8 Å². The predicted molar refractivity (Wildman–Crippen MR) is 73.7 cm³/mol. The minimum atomic E-state index is -0.874. The van der Waals surface area contributed by atoms with Crippen LogP contribution in [-0.4, -0.2) is 22.1 Å². The van der Waals surface area contributed by atoms with Crippen molar-refractivity contribution in [2.75, 3.05) is 5.32 Å². The van der Waals surface area contributed by atoms with Crippen molar-refractivity contribution in [2.45, 2.75) is 57.4 Å². The van der Waals surface area contributed by atoms with Crippen LogP contribution in [0.1, 0.15) is 60.1 Å². The van der Waals surface area contributed by atoms with Gasteiger partial charge < -0.3 is 10.4 Å². The highest BCUT2D eigenvalue weighted by molar-refractivity contribution is 5.93. The fourth-order valence-electron chi connectivity index (χ4n) is 3.17. The molecule has 4 nitrogen and oxygen atoms in total.